The van der Waals surface area contributed by atoms with Crippen LogP contribution in [0.2, 0.25) is 0 Å². The van der Waals surface area contributed by atoms with E-state index in [1.54, 1.807) is 0 Å². The van der Waals surface area contributed by atoms with Crippen LogP contribution < -0.4 is 9.13 Å². The molecular weight excluding hydrogens is 268 g/mol. The number of hydrogen-bond donors (Lipinski definition) is 0. The highest BCUT2D eigenvalue weighted by Gasteiger charge is 2.11. The van der Waals surface area contributed by atoms with Gasteiger partial charge in [-0.1, -0.05) is 0 Å². The molecule has 0 bridgehead atoms. The molecule has 4 rings (SSSR count). The molecular formula is C20H14N2+2. The first kappa shape index (κ1) is 12.6. The molecule has 0 atom stereocenters. The number of pyridine rings is 2. The molecule has 2 heteroatoms. The van der Waals surface area contributed by atoms with Crippen LogP contribution in [0.15, 0.2) is 97.0 Å². The summed E-state index contributed by atoms with van der Waals surface area (Å²) in [6.45, 7) is 0. The lowest BCUT2D eigenvalue weighted by atomic mass is 10.1. The molecule has 0 spiro atoms. The van der Waals surface area contributed by atoms with E-state index in [-0.39, 0.29) is 0 Å². The van der Waals surface area contributed by atoms with Gasteiger partial charge in [0.1, 0.15) is 0 Å². The lowest BCUT2D eigenvalue weighted by Crippen LogP contribution is -2.30. The van der Waals surface area contributed by atoms with Gasteiger partial charge in [0.2, 0.25) is 0 Å². The van der Waals surface area contributed by atoms with Crippen molar-refractivity contribution in [3.63, 3.8) is 0 Å². The normalized spacial score (nSPS) is 14.5. The molecule has 2 nitrogen and oxygen atoms in total. The number of allylic oxidation sites excluding steroid dienone is 6. The SMILES string of the molecule is C1=CC=CC=1[n+]1ccc(-c2cc[n+](C3=C=CC=C3)cc2)cc1. The lowest BCUT2D eigenvalue weighted by molar-refractivity contribution is -0.578. The summed E-state index contributed by atoms with van der Waals surface area (Å²) in [6.07, 6.45) is 20.2. The van der Waals surface area contributed by atoms with Gasteiger partial charge in [-0.05, 0) is 46.9 Å². The van der Waals surface area contributed by atoms with Crippen molar-refractivity contribution < 1.29 is 9.13 Å². The monoisotopic (exact) mass is 282 g/mol. The third kappa shape index (κ3) is 2.30. The Kier molecular flexibility index (Phi) is 3.03. The highest BCUT2D eigenvalue weighted by atomic mass is 14.9. The number of nitrogens with zero attached hydrogens (tertiary/aromatic N) is 2. The largest absolute Gasteiger partial charge is 0.254 e. The molecule has 0 saturated heterocycles. The number of rotatable bonds is 3. The molecule has 2 aliphatic carbocycles. The Morgan fingerprint density at radius 3 is 1.32 bits per heavy atom. The molecule has 2 aromatic rings. The Balaban J connectivity index is 1.62. The van der Waals surface area contributed by atoms with Crippen molar-refractivity contribution in [3.05, 3.63) is 97.0 Å². The highest BCUT2D eigenvalue weighted by molar-refractivity contribution is 5.62. The van der Waals surface area contributed by atoms with Gasteiger partial charge in [-0.15, -0.1) is 0 Å². The van der Waals surface area contributed by atoms with Gasteiger partial charge in [0, 0.05) is 36.4 Å². The fourth-order valence-electron chi connectivity index (χ4n) is 2.52. The van der Waals surface area contributed by atoms with Gasteiger partial charge < -0.3 is 0 Å². The third-order valence-corrected chi connectivity index (χ3v) is 3.71. The topological polar surface area (TPSA) is 7.76 Å². The summed E-state index contributed by atoms with van der Waals surface area (Å²) >= 11 is 0. The molecule has 0 radical (unpaired) electrons. The summed E-state index contributed by atoms with van der Waals surface area (Å²) in [7, 11) is 0. The van der Waals surface area contributed by atoms with Crippen LogP contribution in [0.25, 0.3) is 22.5 Å². The summed E-state index contributed by atoms with van der Waals surface area (Å²) in [5.41, 5.74) is 10.9. The number of aromatic nitrogens is 2. The van der Waals surface area contributed by atoms with E-state index in [1.165, 1.54) is 11.1 Å². The number of hydrogen-bond acceptors (Lipinski definition) is 0. The zero-order valence-electron chi connectivity index (χ0n) is 12.0. The summed E-state index contributed by atoms with van der Waals surface area (Å²) in [5.74, 6) is 0. The van der Waals surface area contributed by atoms with Gasteiger partial charge in [0.25, 0.3) is 11.4 Å². The fraction of sp³-hybridized carbons (Fsp3) is 0. The van der Waals surface area contributed by atoms with Crippen molar-refractivity contribution in [3.8, 4) is 11.1 Å². The smallest absolute Gasteiger partial charge is 0.160 e. The lowest BCUT2D eigenvalue weighted by Gasteiger charge is -2.00. The molecule has 0 fully saturated rings. The van der Waals surface area contributed by atoms with E-state index in [0.29, 0.717) is 0 Å². The van der Waals surface area contributed by atoms with Crippen molar-refractivity contribution in [1.29, 1.82) is 0 Å². The Bertz CT molecular complexity index is 831. The van der Waals surface area contributed by atoms with E-state index in [1.807, 2.05) is 36.5 Å². The molecule has 2 aliphatic rings. The van der Waals surface area contributed by atoms with Crippen molar-refractivity contribution >= 4 is 11.4 Å². The van der Waals surface area contributed by atoms with Crippen LogP contribution in [0.4, 0.5) is 0 Å². The Morgan fingerprint density at radius 2 is 1.00 bits per heavy atom. The first-order chi connectivity index (χ1) is 10.9. The molecule has 0 aromatic carbocycles. The predicted octanol–water partition coefficient (Wildman–Crippen LogP) is 3.06. The van der Waals surface area contributed by atoms with Crippen molar-refractivity contribution in [2.75, 3.05) is 0 Å². The minimum atomic E-state index is 1.06. The van der Waals surface area contributed by atoms with E-state index in [0.717, 1.165) is 11.4 Å². The minimum Gasteiger partial charge on any atom is -0.160 e. The molecule has 2 heterocycles. The van der Waals surface area contributed by atoms with E-state index in [9.17, 15) is 0 Å². The van der Waals surface area contributed by atoms with Crippen LogP contribution in [0.3, 0.4) is 0 Å². The van der Waals surface area contributed by atoms with Gasteiger partial charge in [-0.3, -0.25) is 0 Å². The second kappa shape index (κ2) is 5.31. The van der Waals surface area contributed by atoms with Crippen LogP contribution in [0.5, 0.6) is 0 Å². The van der Waals surface area contributed by atoms with Crippen LogP contribution in [-0.2, 0) is 0 Å². The van der Waals surface area contributed by atoms with Gasteiger partial charge in [0.05, 0.1) is 0 Å². The second-order valence-electron chi connectivity index (χ2n) is 5.10. The van der Waals surface area contributed by atoms with E-state index in [2.05, 4.69) is 69.6 Å². The van der Waals surface area contributed by atoms with Gasteiger partial charge >= 0.3 is 0 Å². The van der Waals surface area contributed by atoms with Gasteiger partial charge in [-0.25, -0.2) is 0 Å². The average molecular weight is 282 g/mol. The second-order valence-corrected chi connectivity index (χ2v) is 5.10. The fourth-order valence-corrected chi connectivity index (χ4v) is 2.52. The average Bonchev–Trinajstić information content (AvgIpc) is 3.29. The van der Waals surface area contributed by atoms with Crippen LogP contribution in [0, 0.1) is 0 Å². The zero-order valence-corrected chi connectivity index (χ0v) is 12.0. The molecule has 22 heavy (non-hydrogen) atoms. The summed E-state index contributed by atoms with van der Waals surface area (Å²) in [4.78, 5) is 0. The maximum Gasteiger partial charge on any atom is 0.254 e. The van der Waals surface area contributed by atoms with Crippen molar-refractivity contribution in [2.24, 2.45) is 0 Å². The summed E-state index contributed by atoms with van der Waals surface area (Å²) in [6, 6.07) is 8.48. The van der Waals surface area contributed by atoms with Gasteiger partial charge in [0.15, 0.2) is 24.8 Å². The molecule has 0 N–H and O–H groups in total. The quantitative estimate of drug-likeness (QED) is 0.604. The minimum absolute atomic E-state index is 1.06. The first-order valence-electron chi connectivity index (χ1n) is 7.21. The van der Waals surface area contributed by atoms with Gasteiger partial charge in [-0.2, -0.15) is 9.13 Å². The first-order valence-corrected chi connectivity index (χ1v) is 7.21. The molecule has 102 valence electrons. The Hall–Kier alpha value is -3.18. The van der Waals surface area contributed by atoms with Crippen LogP contribution in [0.1, 0.15) is 0 Å². The van der Waals surface area contributed by atoms with E-state index >= 15 is 0 Å². The van der Waals surface area contributed by atoms with E-state index in [4.69, 9.17) is 0 Å². The Labute approximate surface area is 129 Å². The van der Waals surface area contributed by atoms with E-state index < -0.39 is 0 Å². The third-order valence-electron chi connectivity index (χ3n) is 3.71. The zero-order chi connectivity index (χ0) is 14.8. The highest BCUT2D eigenvalue weighted by Crippen LogP contribution is 2.16. The Morgan fingerprint density at radius 1 is 0.591 bits per heavy atom. The van der Waals surface area contributed by atoms with Crippen LogP contribution >= 0.6 is 0 Å². The van der Waals surface area contributed by atoms with Crippen LogP contribution in [-0.4, -0.2) is 0 Å². The van der Waals surface area contributed by atoms with Crippen molar-refractivity contribution in [2.45, 2.75) is 0 Å². The maximum atomic E-state index is 3.19. The van der Waals surface area contributed by atoms with Crippen molar-refractivity contribution in [1.82, 2.24) is 0 Å². The molecule has 0 aliphatic heterocycles. The standard InChI is InChI=1S/C20H14N2/c1-2-6-19(5-1)21-13-9-17(10-14-21)18-11-15-22(16-12-18)20-7-3-4-8-20/h1-5,7,9-16H/q+2. The maximum absolute atomic E-state index is 3.19. The summed E-state index contributed by atoms with van der Waals surface area (Å²) in [5, 5.41) is 0. The summed E-state index contributed by atoms with van der Waals surface area (Å²) < 4.78 is 4.12. The molecule has 0 unspecified atom stereocenters. The molecule has 2 aromatic heterocycles. The molecule has 0 amide bonds. The predicted molar refractivity (Wildman–Crippen MR) is 86.1 cm³/mol. The molecule has 0 saturated carbocycles.